The van der Waals surface area contributed by atoms with Gasteiger partial charge < -0.3 is 14.8 Å². The van der Waals surface area contributed by atoms with Gasteiger partial charge in [-0.1, -0.05) is 23.7 Å². The molecule has 0 fully saturated rings. The van der Waals surface area contributed by atoms with Crippen LogP contribution in [0.2, 0.25) is 5.02 Å². The number of sulfonamides is 1. The number of amides is 1. The normalized spacial score (nSPS) is 13.8. The number of hydrogen-bond acceptors (Lipinski definition) is 5. The second kappa shape index (κ2) is 9.56. The highest BCUT2D eigenvalue weighted by Gasteiger charge is 2.22. The number of hydrogen-bond donors (Lipinski definition) is 2. The van der Waals surface area contributed by atoms with Crippen molar-refractivity contribution in [2.45, 2.75) is 31.7 Å². The van der Waals surface area contributed by atoms with Crippen molar-refractivity contribution in [3.05, 3.63) is 81.9 Å². The van der Waals surface area contributed by atoms with Gasteiger partial charge in [-0.15, -0.1) is 0 Å². The number of nitrogens with one attached hydrogen (secondary N) is 2. The molecule has 7 nitrogen and oxygen atoms in total. The summed E-state index contributed by atoms with van der Waals surface area (Å²) < 4.78 is 39.7. The smallest absolute Gasteiger partial charge is 0.263 e. The van der Waals surface area contributed by atoms with Crippen molar-refractivity contribution >= 4 is 33.2 Å². The van der Waals surface area contributed by atoms with Gasteiger partial charge in [0, 0.05) is 11.3 Å². The van der Waals surface area contributed by atoms with E-state index >= 15 is 0 Å². The maximum Gasteiger partial charge on any atom is 0.263 e. The standard InChI is InChI=1S/C25H25ClN2O5S/c1-15-4-7-20(12-16(15)2)28-34(30,31)24-14-19(5-8-21(24)26)25(29)27-17(3)18-6-9-22-23(13-18)33-11-10-32-22/h4-9,12-14,17,28H,10-11H2,1-3H3,(H,27,29)/t17-/m0/s1. The highest BCUT2D eigenvalue weighted by atomic mass is 35.5. The summed E-state index contributed by atoms with van der Waals surface area (Å²) in [6.07, 6.45) is 0. The van der Waals surface area contributed by atoms with E-state index in [1.165, 1.54) is 18.2 Å². The number of carbonyl (C=O) groups excluding carboxylic acids is 1. The Morgan fingerprint density at radius 3 is 2.41 bits per heavy atom. The molecule has 4 rings (SSSR count). The molecule has 9 heteroatoms. The number of ether oxygens (including phenoxy) is 2. The maximum absolute atomic E-state index is 13.0. The summed E-state index contributed by atoms with van der Waals surface area (Å²) in [5, 5.41) is 2.91. The predicted molar refractivity (Wildman–Crippen MR) is 131 cm³/mol. The number of halogens is 1. The molecule has 0 aromatic heterocycles. The van der Waals surface area contributed by atoms with E-state index in [2.05, 4.69) is 10.0 Å². The molecular weight excluding hydrogens is 476 g/mol. The van der Waals surface area contributed by atoms with E-state index in [9.17, 15) is 13.2 Å². The first-order valence-electron chi connectivity index (χ1n) is 10.7. The lowest BCUT2D eigenvalue weighted by Crippen LogP contribution is -2.27. The van der Waals surface area contributed by atoms with E-state index in [4.69, 9.17) is 21.1 Å². The summed E-state index contributed by atoms with van der Waals surface area (Å²) in [5.41, 5.74) is 3.42. The van der Waals surface area contributed by atoms with Crippen molar-refractivity contribution in [2.75, 3.05) is 17.9 Å². The molecule has 178 valence electrons. The highest BCUT2D eigenvalue weighted by molar-refractivity contribution is 7.92. The van der Waals surface area contributed by atoms with Gasteiger partial charge in [-0.25, -0.2) is 8.42 Å². The third-order valence-electron chi connectivity index (χ3n) is 5.66. The lowest BCUT2D eigenvalue weighted by molar-refractivity contribution is 0.0939. The first-order valence-corrected chi connectivity index (χ1v) is 12.6. The molecule has 0 unspecified atom stereocenters. The van der Waals surface area contributed by atoms with Crippen LogP contribution in [0.3, 0.4) is 0 Å². The molecule has 3 aromatic carbocycles. The van der Waals surface area contributed by atoms with Crippen molar-refractivity contribution in [1.29, 1.82) is 0 Å². The fourth-order valence-electron chi connectivity index (χ4n) is 3.56. The molecule has 0 bridgehead atoms. The van der Waals surface area contributed by atoms with Gasteiger partial charge >= 0.3 is 0 Å². The van der Waals surface area contributed by atoms with Gasteiger partial charge in [-0.3, -0.25) is 9.52 Å². The first-order chi connectivity index (χ1) is 16.1. The third-order valence-corrected chi connectivity index (χ3v) is 7.52. The Kier molecular flexibility index (Phi) is 6.72. The lowest BCUT2D eigenvalue weighted by atomic mass is 10.1. The van der Waals surface area contributed by atoms with Crippen LogP contribution in [0.15, 0.2) is 59.5 Å². The van der Waals surface area contributed by atoms with Crippen LogP contribution >= 0.6 is 11.6 Å². The molecule has 2 N–H and O–H groups in total. The number of aryl methyl sites for hydroxylation is 2. The lowest BCUT2D eigenvalue weighted by Gasteiger charge is -2.21. The summed E-state index contributed by atoms with van der Waals surface area (Å²) in [6, 6.07) is 14.5. The molecular formula is C25H25ClN2O5S. The van der Waals surface area contributed by atoms with E-state index in [0.717, 1.165) is 16.7 Å². The Morgan fingerprint density at radius 1 is 0.941 bits per heavy atom. The van der Waals surface area contributed by atoms with Crippen LogP contribution in [-0.4, -0.2) is 27.5 Å². The molecule has 0 radical (unpaired) electrons. The molecule has 0 spiro atoms. The van der Waals surface area contributed by atoms with Crippen molar-refractivity contribution in [3.8, 4) is 11.5 Å². The molecule has 1 heterocycles. The van der Waals surface area contributed by atoms with E-state index in [0.29, 0.717) is 30.4 Å². The van der Waals surface area contributed by atoms with Crippen LogP contribution in [0.25, 0.3) is 0 Å². The van der Waals surface area contributed by atoms with Crippen LogP contribution in [0.5, 0.6) is 11.5 Å². The van der Waals surface area contributed by atoms with Gasteiger partial charge in [-0.05, 0) is 79.9 Å². The van der Waals surface area contributed by atoms with E-state index in [1.807, 2.05) is 39.0 Å². The van der Waals surface area contributed by atoms with Crippen molar-refractivity contribution in [2.24, 2.45) is 0 Å². The van der Waals surface area contributed by atoms with Gasteiger partial charge in [0.15, 0.2) is 11.5 Å². The minimum Gasteiger partial charge on any atom is -0.486 e. The monoisotopic (exact) mass is 500 g/mol. The fourth-order valence-corrected chi connectivity index (χ4v) is 5.13. The molecule has 34 heavy (non-hydrogen) atoms. The van der Waals surface area contributed by atoms with Crippen LogP contribution in [0.4, 0.5) is 5.69 Å². The molecule has 1 aliphatic heterocycles. The SMILES string of the molecule is Cc1ccc(NS(=O)(=O)c2cc(C(=O)N[C@@H](C)c3ccc4c(c3)OCCO4)ccc2Cl)cc1C. The summed E-state index contributed by atoms with van der Waals surface area (Å²) in [7, 11) is -4.01. The third kappa shape index (κ3) is 5.13. The fraction of sp³-hybridized carbons (Fsp3) is 0.240. The molecule has 0 aliphatic carbocycles. The summed E-state index contributed by atoms with van der Waals surface area (Å²) >= 11 is 6.20. The molecule has 1 aliphatic rings. The maximum atomic E-state index is 13.0. The van der Waals surface area contributed by atoms with Gasteiger partial charge in [0.2, 0.25) is 0 Å². The predicted octanol–water partition coefficient (Wildman–Crippen LogP) is 5.02. The Balaban J connectivity index is 1.53. The average Bonchev–Trinajstić information content (AvgIpc) is 2.81. The van der Waals surface area contributed by atoms with E-state index in [-0.39, 0.29) is 21.5 Å². The van der Waals surface area contributed by atoms with Crippen LogP contribution < -0.4 is 19.5 Å². The van der Waals surface area contributed by atoms with Gasteiger partial charge in [-0.2, -0.15) is 0 Å². The molecule has 0 saturated carbocycles. The summed E-state index contributed by atoms with van der Waals surface area (Å²) in [6.45, 7) is 6.64. The number of rotatable bonds is 6. The second-order valence-corrected chi connectivity index (χ2v) is 10.2. The zero-order valence-electron chi connectivity index (χ0n) is 19.0. The average molecular weight is 501 g/mol. The van der Waals surface area contributed by atoms with Crippen LogP contribution in [0, 0.1) is 13.8 Å². The Hall–Kier alpha value is -3.23. The first kappa shape index (κ1) is 23.9. The zero-order valence-corrected chi connectivity index (χ0v) is 20.6. The van der Waals surface area contributed by atoms with Gasteiger partial charge in [0.05, 0.1) is 11.1 Å². The van der Waals surface area contributed by atoms with Gasteiger partial charge in [0.1, 0.15) is 18.1 Å². The molecule has 1 amide bonds. The quantitative estimate of drug-likeness (QED) is 0.495. The topological polar surface area (TPSA) is 93.7 Å². The zero-order chi connectivity index (χ0) is 24.5. The van der Waals surface area contributed by atoms with Gasteiger partial charge in [0.25, 0.3) is 15.9 Å². The van der Waals surface area contributed by atoms with E-state index in [1.54, 1.807) is 18.2 Å². The van der Waals surface area contributed by atoms with E-state index < -0.39 is 15.9 Å². The Bertz CT molecular complexity index is 1360. The minimum absolute atomic E-state index is 0.0211. The summed E-state index contributed by atoms with van der Waals surface area (Å²) in [4.78, 5) is 12.7. The molecule has 3 aromatic rings. The second-order valence-electron chi connectivity index (χ2n) is 8.15. The van der Waals surface area contributed by atoms with Crippen molar-refractivity contribution in [1.82, 2.24) is 5.32 Å². The molecule has 1 atom stereocenters. The number of carbonyl (C=O) groups is 1. The Labute approximate surface area is 204 Å². The number of benzene rings is 3. The minimum atomic E-state index is -4.01. The van der Waals surface area contributed by atoms with Crippen molar-refractivity contribution < 1.29 is 22.7 Å². The van der Waals surface area contributed by atoms with Crippen LogP contribution in [-0.2, 0) is 10.0 Å². The molecule has 0 saturated heterocycles. The number of anilines is 1. The Morgan fingerprint density at radius 2 is 1.68 bits per heavy atom. The number of fused-ring (bicyclic) bond motifs is 1. The largest absolute Gasteiger partial charge is 0.486 e. The van der Waals surface area contributed by atoms with Crippen LogP contribution in [0.1, 0.15) is 40.0 Å². The summed E-state index contributed by atoms with van der Waals surface area (Å²) in [5.74, 6) is 0.862. The van der Waals surface area contributed by atoms with Crippen molar-refractivity contribution in [3.63, 3.8) is 0 Å². The highest BCUT2D eigenvalue weighted by Crippen LogP contribution is 2.33.